The molecule has 0 unspecified atom stereocenters. The largest absolute Gasteiger partial charge is 0.396 e. The fraction of sp³-hybridized carbons (Fsp3) is 0.500. The van der Waals surface area contributed by atoms with Gasteiger partial charge in [-0.3, -0.25) is 4.98 Å². The summed E-state index contributed by atoms with van der Waals surface area (Å²) in [5.74, 6) is 0. The van der Waals surface area contributed by atoms with Gasteiger partial charge in [-0.1, -0.05) is 32.0 Å². The fourth-order valence-electron chi connectivity index (χ4n) is 2.78. The molecule has 0 aliphatic heterocycles. The smallest absolute Gasteiger partial charge is 0.0708 e. The minimum Gasteiger partial charge on any atom is -0.396 e. The highest BCUT2D eigenvalue weighted by Crippen LogP contribution is 2.25. The van der Waals surface area contributed by atoms with Crippen LogP contribution in [0.4, 0.5) is 0 Å². The number of hydrogen-bond acceptors (Lipinski definition) is 3. The van der Waals surface area contributed by atoms with Gasteiger partial charge in [-0.15, -0.1) is 0 Å². The van der Waals surface area contributed by atoms with Crippen molar-refractivity contribution in [1.29, 1.82) is 0 Å². The summed E-state index contributed by atoms with van der Waals surface area (Å²) in [7, 11) is 0. The lowest BCUT2D eigenvalue weighted by atomic mass is 9.83. The third-order valence-electron chi connectivity index (χ3n) is 4.58. The molecule has 1 heterocycles. The summed E-state index contributed by atoms with van der Waals surface area (Å²) >= 11 is 0. The Morgan fingerprint density at radius 3 is 2.57 bits per heavy atom. The molecule has 2 rings (SSSR count). The van der Waals surface area contributed by atoms with E-state index < -0.39 is 0 Å². The van der Waals surface area contributed by atoms with Gasteiger partial charge in [-0.25, -0.2) is 0 Å². The number of hydrogen-bond donors (Lipinski definition) is 2. The Kier molecular flexibility index (Phi) is 5.32. The van der Waals surface area contributed by atoms with E-state index in [-0.39, 0.29) is 12.0 Å². The predicted molar refractivity (Wildman–Crippen MR) is 88.3 cm³/mol. The van der Waals surface area contributed by atoms with E-state index >= 15 is 0 Å². The Morgan fingerprint density at radius 2 is 1.90 bits per heavy atom. The molecule has 0 amide bonds. The Balaban J connectivity index is 2.13. The van der Waals surface area contributed by atoms with Crippen molar-refractivity contribution in [3.8, 4) is 0 Å². The zero-order valence-electron chi connectivity index (χ0n) is 13.3. The second-order valence-corrected chi connectivity index (χ2v) is 5.91. The molecule has 1 aromatic heterocycles. The van der Waals surface area contributed by atoms with Gasteiger partial charge in [0.05, 0.1) is 5.52 Å². The molecule has 0 spiro atoms. The number of pyridine rings is 1. The molecule has 21 heavy (non-hydrogen) atoms. The minimum absolute atomic E-state index is 0.00210. The van der Waals surface area contributed by atoms with E-state index in [9.17, 15) is 5.11 Å². The van der Waals surface area contributed by atoms with E-state index in [1.165, 1.54) is 10.9 Å². The highest BCUT2D eigenvalue weighted by atomic mass is 16.3. The lowest BCUT2D eigenvalue weighted by Gasteiger charge is -2.29. The summed E-state index contributed by atoms with van der Waals surface area (Å²) in [4.78, 5) is 4.57. The van der Waals surface area contributed by atoms with Gasteiger partial charge in [0.15, 0.2) is 0 Å². The average molecular weight is 286 g/mol. The molecule has 0 radical (unpaired) electrons. The van der Waals surface area contributed by atoms with Gasteiger partial charge in [0.25, 0.3) is 0 Å². The van der Waals surface area contributed by atoms with Crippen molar-refractivity contribution in [3.63, 3.8) is 0 Å². The van der Waals surface area contributed by atoms with E-state index in [4.69, 9.17) is 0 Å². The van der Waals surface area contributed by atoms with Crippen LogP contribution in [0.2, 0.25) is 0 Å². The second kappa shape index (κ2) is 7.01. The second-order valence-electron chi connectivity index (χ2n) is 5.91. The SMILES string of the molecule is CCC(CC)(CO)CNCc1cc(C)nc2ccccc12. The molecular formula is C18H26N2O. The zero-order valence-corrected chi connectivity index (χ0v) is 13.3. The van der Waals surface area contributed by atoms with Crippen molar-refractivity contribution >= 4 is 10.9 Å². The maximum absolute atomic E-state index is 9.64. The van der Waals surface area contributed by atoms with Crippen LogP contribution < -0.4 is 5.32 Å². The van der Waals surface area contributed by atoms with Crippen LogP contribution in [0.5, 0.6) is 0 Å². The predicted octanol–water partition coefficient (Wildman–Crippen LogP) is 3.43. The Bertz CT molecular complexity index is 583. The summed E-state index contributed by atoms with van der Waals surface area (Å²) in [6.07, 6.45) is 1.98. The molecule has 2 N–H and O–H groups in total. The summed E-state index contributed by atoms with van der Waals surface area (Å²) in [5.41, 5.74) is 3.37. The lowest BCUT2D eigenvalue weighted by Crippen LogP contribution is -2.36. The lowest BCUT2D eigenvalue weighted by molar-refractivity contribution is 0.113. The number of nitrogens with one attached hydrogen (secondary N) is 1. The number of rotatable bonds is 7. The van der Waals surface area contributed by atoms with Crippen LogP contribution in [0.3, 0.4) is 0 Å². The number of aliphatic hydroxyl groups excluding tert-OH is 1. The van der Waals surface area contributed by atoms with Crippen molar-refractivity contribution in [2.24, 2.45) is 5.41 Å². The number of para-hydroxylation sites is 1. The number of fused-ring (bicyclic) bond motifs is 1. The number of aromatic nitrogens is 1. The first-order valence-corrected chi connectivity index (χ1v) is 7.81. The van der Waals surface area contributed by atoms with Crippen LogP contribution >= 0.6 is 0 Å². The normalized spacial score (nSPS) is 12.0. The van der Waals surface area contributed by atoms with E-state index in [0.29, 0.717) is 0 Å². The highest BCUT2D eigenvalue weighted by molar-refractivity contribution is 5.82. The van der Waals surface area contributed by atoms with Gasteiger partial charge < -0.3 is 10.4 Å². The van der Waals surface area contributed by atoms with Gasteiger partial charge in [0.2, 0.25) is 0 Å². The molecular weight excluding hydrogens is 260 g/mol. The van der Waals surface area contributed by atoms with Crippen LogP contribution in [-0.4, -0.2) is 23.2 Å². The molecule has 0 saturated heterocycles. The molecule has 1 aromatic carbocycles. The summed E-state index contributed by atoms with van der Waals surface area (Å²) in [6.45, 7) is 8.22. The molecule has 0 aliphatic rings. The van der Waals surface area contributed by atoms with Crippen LogP contribution in [0.15, 0.2) is 30.3 Å². The topological polar surface area (TPSA) is 45.1 Å². The molecule has 0 atom stereocenters. The number of nitrogens with zero attached hydrogens (tertiary/aromatic N) is 1. The van der Waals surface area contributed by atoms with Crippen LogP contribution in [-0.2, 0) is 6.54 Å². The van der Waals surface area contributed by atoms with Crippen molar-refractivity contribution in [3.05, 3.63) is 41.6 Å². The molecule has 114 valence electrons. The van der Waals surface area contributed by atoms with Crippen molar-refractivity contribution in [2.45, 2.75) is 40.2 Å². The third-order valence-corrected chi connectivity index (χ3v) is 4.58. The molecule has 2 aromatic rings. The van der Waals surface area contributed by atoms with Crippen LogP contribution in [0.1, 0.15) is 37.9 Å². The first kappa shape index (κ1) is 15.9. The zero-order chi connectivity index (χ0) is 15.3. The van der Waals surface area contributed by atoms with E-state index in [1.807, 2.05) is 13.0 Å². The minimum atomic E-state index is -0.00210. The van der Waals surface area contributed by atoms with Gasteiger partial charge in [-0.2, -0.15) is 0 Å². The van der Waals surface area contributed by atoms with Crippen molar-refractivity contribution < 1.29 is 5.11 Å². The van der Waals surface area contributed by atoms with Crippen molar-refractivity contribution in [2.75, 3.05) is 13.2 Å². The fourth-order valence-corrected chi connectivity index (χ4v) is 2.78. The van der Waals surface area contributed by atoms with Gasteiger partial charge >= 0.3 is 0 Å². The van der Waals surface area contributed by atoms with E-state index in [2.05, 4.69) is 48.4 Å². The monoisotopic (exact) mass is 286 g/mol. The number of benzene rings is 1. The van der Waals surface area contributed by atoms with Crippen LogP contribution in [0.25, 0.3) is 10.9 Å². The van der Waals surface area contributed by atoms with E-state index in [1.54, 1.807) is 0 Å². The third kappa shape index (κ3) is 3.60. The Hall–Kier alpha value is -1.45. The van der Waals surface area contributed by atoms with Gasteiger partial charge in [-0.05, 0) is 37.5 Å². The molecule has 0 aliphatic carbocycles. The number of aryl methyl sites for hydroxylation is 1. The maximum atomic E-state index is 9.64. The molecule has 0 bridgehead atoms. The summed E-state index contributed by atoms with van der Waals surface area (Å²) < 4.78 is 0. The number of aliphatic hydroxyl groups is 1. The van der Waals surface area contributed by atoms with Gasteiger partial charge in [0, 0.05) is 36.2 Å². The van der Waals surface area contributed by atoms with E-state index in [0.717, 1.165) is 37.1 Å². The molecule has 0 fully saturated rings. The molecule has 3 nitrogen and oxygen atoms in total. The standard InChI is InChI=1S/C18H26N2O/c1-4-18(5-2,13-21)12-19-11-15-10-14(3)20-17-9-7-6-8-16(15)17/h6-10,19,21H,4-5,11-13H2,1-3H3. The first-order valence-electron chi connectivity index (χ1n) is 7.81. The quantitative estimate of drug-likeness (QED) is 0.819. The average Bonchev–Trinajstić information content (AvgIpc) is 2.52. The summed E-state index contributed by atoms with van der Waals surface area (Å²) in [6, 6.07) is 10.4. The summed E-state index contributed by atoms with van der Waals surface area (Å²) in [5, 5.41) is 14.4. The molecule has 0 saturated carbocycles. The maximum Gasteiger partial charge on any atom is 0.0708 e. The molecule has 3 heteroatoms. The highest BCUT2D eigenvalue weighted by Gasteiger charge is 2.24. The van der Waals surface area contributed by atoms with Crippen molar-refractivity contribution in [1.82, 2.24) is 10.3 Å². The Labute approximate surface area is 127 Å². The first-order chi connectivity index (χ1) is 10.1. The van der Waals surface area contributed by atoms with Crippen LogP contribution in [0, 0.1) is 12.3 Å². The Morgan fingerprint density at radius 1 is 1.19 bits per heavy atom. The van der Waals surface area contributed by atoms with Gasteiger partial charge in [0.1, 0.15) is 0 Å².